The predicted octanol–water partition coefficient (Wildman–Crippen LogP) is 11.7. The molecule has 0 saturated carbocycles. The first kappa shape index (κ1) is 27.1. The summed E-state index contributed by atoms with van der Waals surface area (Å²) < 4.78 is 0. The number of fused-ring (bicyclic) bond motifs is 10. The molecule has 0 nitrogen and oxygen atoms in total. The van der Waals surface area contributed by atoms with Crippen molar-refractivity contribution >= 4 is 10.8 Å². The molecule has 0 bridgehead atoms. The van der Waals surface area contributed by atoms with Crippen LogP contribution in [0.2, 0.25) is 0 Å². The molecule has 0 heteroatoms. The summed E-state index contributed by atoms with van der Waals surface area (Å²) in [6.07, 6.45) is 0. The van der Waals surface area contributed by atoms with Gasteiger partial charge in [-0.3, -0.25) is 0 Å². The average molecular weight is 589 g/mol. The van der Waals surface area contributed by atoms with E-state index in [4.69, 9.17) is 0 Å². The van der Waals surface area contributed by atoms with Crippen LogP contribution in [0.3, 0.4) is 0 Å². The van der Waals surface area contributed by atoms with Crippen molar-refractivity contribution in [1.82, 2.24) is 0 Å². The van der Waals surface area contributed by atoms with Crippen LogP contribution in [0.5, 0.6) is 0 Å². The second-order valence-corrected chi connectivity index (χ2v) is 13.7. The molecule has 2 aliphatic carbocycles. The molecular formula is C46H36. The second kappa shape index (κ2) is 9.90. The van der Waals surface area contributed by atoms with E-state index in [1.54, 1.807) is 0 Å². The van der Waals surface area contributed by atoms with Gasteiger partial charge in [-0.25, -0.2) is 0 Å². The zero-order valence-corrected chi connectivity index (χ0v) is 26.6. The second-order valence-electron chi connectivity index (χ2n) is 13.7. The Balaban J connectivity index is 1.32. The van der Waals surface area contributed by atoms with Crippen molar-refractivity contribution in [1.29, 1.82) is 0 Å². The number of benzene rings is 7. The SMILES string of the molecule is CC(c1ccccc1)c1ccc(-c2ccc3c(c2)C2(c4ccccc4-3)c3ccccc3C(C)(C)c3ccccc32)c2ccccc12. The molecule has 9 rings (SSSR count). The minimum absolute atomic E-state index is 0.102. The van der Waals surface area contributed by atoms with E-state index in [9.17, 15) is 0 Å². The largest absolute Gasteiger partial charge is 0.0719 e. The van der Waals surface area contributed by atoms with Crippen LogP contribution in [0, 0.1) is 0 Å². The average Bonchev–Trinajstić information content (AvgIpc) is 3.41. The number of hydrogen-bond donors (Lipinski definition) is 0. The molecule has 1 unspecified atom stereocenters. The standard InChI is InChI=1S/C46H36/c1-30(31-15-5-4-6-16-31)33-27-28-34(36-18-8-7-17-35(33)36)32-25-26-38-37-19-9-10-20-39(37)46(44(38)29-32)42-23-13-11-21-40(42)45(2,3)41-22-12-14-24-43(41)46/h4-30H,1-3H3. The van der Waals surface area contributed by atoms with Crippen LogP contribution in [0.1, 0.15) is 71.2 Å². The summed E-state index contributed by atoms with van der Waals surface area (Å²) in [5.74, 6) is 0.302. The fourth-order valence-corrected chi connectivity index (χ4v) is 8.90. The lowest BCUT2D eigenvalue weighted by Gasteiger charge is -2.46. The van der Waals surface area contributed by atoms with Crippen molar-refractivity contribution < 1.29 is 0 Å². The Morgan fingerprint density at radius 1 is 0.413 bits per heavy atom. The van der Waals surface area contributed by atoms with Gasteiger partial charge in [0.25, 0.3) is 0 Å². The first-order chi connectivity index (χ1) is 22.5. The van der Waals surface area contributed by atoms with Crippen LogP contribution in [0.4, 0.5) is 0 Å². The molecule has 0 saturated heterocycles. The highest BCUT2D eigenvalue weighted by Crippen LogP contribution is 2.62. The topological polar surface area (TPSA) is 0 Å². The molecule has 0 heterocycles. The molecule has 7 aromatic carbocycles. The molecule has 0 N–H and O–H groups in total. The van der Waals surface area contributed by atoms with Crippen molar-refractivity contribution in [3.63, 3.8) is 0 Å². The zero-order valence-electron chi connectivity index (χ0n) is 26.6. The van der Waals surface area contributed by atoms with Gasteiger partial charge in [0.05, 0.1) is 5.41 Å². The van der Waals surface area contributed by atoms with Crippen LogP contribution in [0.25, 0.3) is 33.0 Å². The summed E-state index contributed by atoms with van der Waals surface area (Å²) in [5, 5.41) is 2.63. The van der Waals surface area contributed by atoms with Gasteiger partial charge in [0.2, 0.25) is 0 Å². The summed E-state index contributed by atoms with van der Waals surface area (Å²) in [4.78, 5) is 0. The van der Waals surface area contributed by atoms with E-state index < -0.39 is 0 Å². The van der Waals surface area contributed by atoms with E-state index in [1.165, 1.54) is 77.5 Å². The Labute approximate surface area is 272 Å². The van der Waals surface area contributed by atoms with Gasteiger partial charge in [-0.05, 0) is 83.6 Å². The first-order valence-corrected chi connectivity index (χ1v) is 16.5. The highest BCUT2D eigenvalue weighted by Gasteiger charge is 2.53. The number of rotatable bonds is 3. The van der Waals surface area contributed by atoms with Gasteiger partial charge in [0, 0.05) is 11.3 Å². The third-order valence-corrected chi connectivity index (χ3v) is 11.1. The number of hydrogen-bond acceptors (Lipinski definition) is 0. The molecule has 220 valence electrons. The van der Waals surface area contributed by atoms with E-state index >= 15 is 0 Å². The van der Waals surface area contributed by atoms with E-state index in [0.717, 1.165) is 0 Å². The fourth-order valence-electron chi connectivity index (χ4n) is 8.90. The Kier molecular flexibility index (Phi) is 5.84. The minimum Gasteiger partial charge on any atom is -0.0622 e. The molecule has 1 atom stereocenters. The molecule has 0 radical (unpaired) electrons. The van der Waals surface area contributed by atoms with Crippen LogP contribution in [-0.4, -0.2) is 0 Å². The molecular weight excluding hydrogens is 553 g/mol. The monoisotopic (exact) mass is 588 g/mol. The van der Waals surface area contributed by atoms with Crippen molar-refractivity contribution in [2.75, 3.05) is 0 Å². The molecule has 0 aliphatic heterocycles. The fraction of sp³-hybridized carbons (Fsp3) is 0.130. The van der Waals surface area contributed by atoms with Gasteiger partial charge in [-0.2, -0.15) is 0 Å². The molecule has 46 heavy (non-hydrogen) atoms. The molecule has 1 spiro atoms. The van der Waals surface area contributed by atoms with E-state index in [0.29, 0.717) is 5.92 Å². The predicted molar refractivity (Wildman–Crippen MR) is 193 cm³/mol. The maximum Gasteiger partial charge on any atom is 0.0719 e. The van der Waals surface area contributed by atoms with Crippen molar-refractivity contribution in [2.45, 2.75) is 37.5 Å². The van der Waals surface area contributed by atoms with Crippen LogP contribution in [0.15, 0.2) is 158 Å². The molecule has 7 aromatic rings. The van der Waals surface area contributed by atoms with Gasteiger partial charge < -0.3 is 0 Å². The third-order valence-electron chi connectivity index (χ3n) is 11.1. The Morgan fingerprint density at radius 2 is 0.935 bits per heavy atom. The van der Waals surface area contributed by atoms with E-state index in [-0.39, 0.29) is 10.8 Å². The summed E-state index contributed by atoms with van der Waals surface area (Å²) in [6, 6.07) is 59.3. The van der Waals surface area contributed by atoms with E-state index in [1.807, 2.05) is 0 Å². The molecule has 0 aromatic heterocycles. The normalized spacial score (nSPS) is 15.5. The molecule has 0 fully saturated rings. The lowest BCUT2D eigenvalue weighted by molar-refractivity contribution is 0.563. The maximum atomic E-state index is 2.52. The minimum atomic E-state index is -0.387. The van der Waals surface area contributed by atoms with Crippen LogP contribution >= 0.6 is 0 Å². The summed E-state index contributed by atoms with van der Waals surface area (Å²) in [6.45, 7) is 7.10. The van der Waals surface area contributed by atoms with Gasteiger partial charge in [-0.1, -0.05) is 172 Å². The summed E-state index contributed by atoms with van der Waals surface area (Å²) in [5.41, 5.74) is 15.8. The Hall–Kier alpha value is -5.20. The van der Waals surface area contributed by atoms with Gasteiger partial charge in [-0.15, -0.1) is 0 Å². The van der Waals surface area contributed by atoms with Crippen molar-refractivity contribution in [3.05, 3.63) is 202 Å². The van der Waals surface area contributed by atoms with Gasteiger partial charge in [0.15, 0.2) is 0 Å². The Bertz CT molecular complexity index is 2250. The lowest BCUT2D eigenvalue weighted by Crippen LogP contribution is -2.40. The van der Waals surface area contributed by atoms with E-state index in [2.05, 4.69) is 178 Å². The van der Waals surface area contributed by atoms with Crippen LogP contribution < -0.4 is 0 Å². The maximum absolute atomic E-state index is 2.52. The molecule has 0 amide bonds. The first-order valence-electron chi connectivity index (χ1n) is 16.5. The lowest BCUT2D eigenvalue weighted by atomic mass is 9.55. The summed E-state index contributed by atoms with van der Waals surface area (Å²) in [7, 11) is 0. The highest BCUT2D eigenvalue weighted by atomic mass is 14.5. The highest BCUT2D eigenvalue weighted by molar-refractivity contribution is 6.00. The zero-order chi connectivity index (χ0) is 31.0. The Morgan fingerprint density at radius 3 is 1.63 bits per heavy atom. The van der Waals surface area contributed by atoms with Crippen molar-refractivity contribution in [3.8, 4) is 22.3 Å². The third kappa shape index (κ3) is 3.56. The summed E-state index contributed by atoms with van der Waals surface area (Å²) >= 11 is 0. The van der Waals surface area contributed by atoms with Gasteiger partial charge >= 0.3 is 0 Å². The van der Waals surface area contributed by atoms with Crippen LogP contribution in [-0.2, 0) is 10.8 Å². The van der Waals surface area contributed by atoms with Crippen molar-refractivity contribution in [2.24, 2.45) is 0 Å². The molecule has 2 aliphatic rings. The van der Waals surface area contributed by atoms with Gasteiger partial charge in [0.1, 0.15) is 0 Å². The quantitative estimate of drug-likeness (QED) is 0.193. The smallest absolute Gasteiger partial charge is 0.0622 e.